The van der Waals surface area contributed by atoms with Gasteiger partial charge in [-0.05, 0) is 36.4 Å². The predicted molar refractivity (Wildman–Crippen MR) is 105 cm³/mol. The average molecular weight is 387 g/mol. The second-order valence-electron chi connectivity index (χ2n) is 6.80. The first-order chi connectivity index (χ1) is 13.5. The summed E-state index contributed by atoms with van der Waals surface area (Å²) in [7, 11) is 4.65. The molecule has 3 rings (SSSR count). The molecule has 1 fully saturated rings. The van der Waals surface area contributed by atoms with Gasteiger partial charge in [0.25, 0.3) is 5.91 Å². The molecule has 150 valence electrons. The van der Waals surface area contributed by atoms with E-state index >= 15 is 0 Å². The van der Waals surface area contributed by atoms with Gasteiger partial charge < -0.3 is 29.1 Å². The molecular formula is C21H27N2O5+. The van der Waals surface area contributed by atoms with E-state index < -0.39 is 0 Å². The maximum absolute atomic E-state index is 12.7. The largest absolute Gasteiger partial charge is 0.502 e. The van der Waals surface area contributed by atoms with E-state index in [-0.39, 0.29) is 11.7 Å². The van der Waals surface area contributed by atoms with Crippen LogP contribution in [0.5, 0.6) is 23.0 Å². The molecule has 0 bridgehead atoms. The molecule has 28 heavy (non-hydrogen) atoms. The minimum absolute atomic E-state index is 0.0126. The SMILES string of the molecule is COc1ccc(C(=O)N2CC[NH+](Cc3cc(OC)c(O)c(OC)c3)CC2)cc1. The lowest BCUT2D eigenvalue weighted by atomic mass is 10.1. The van der Waals surface area contributed by atoms with Gasteiger partial charge in [0.15, 0.2) is 11.5 Å². The van der Waals surface area contributed by atoms with Crippen molar-refractivity contribution in [3.05, 3.63) is 47.5 Å². The molecule has 7 nitrogen and oxygen atoms in total. The number of piperazine rings is 1. The molecule has 2 aromatic carbocycles. The van der Waals surface area contributed by atoms with Crippen LogP contribution in [0, 0.1) is 0 Å². The molecule has 0 saturated carbocycles. The average Bonchev–Trinajstić information content (AvgIpc) is 2.75. The van der Waals surface area contributed by atoms with Crippen molar-refractivity contribution in [3.8, 4) is 23.0 Å². The predicted octanol–water partition coefficient (Wildman–Crippen LogP) is 0.959. The summed E-state index contributed by atoms with van der Waals surface area (Å²) in [5, 5.41) is 10.0. The van der Waals surface area contributed by atoms with Gasteiger partial charge >= 0.3 is 0 Å². The van der Waals surface area contributed by atoms with E-state index in [1.165, 1.54) is 19.1 Å². The second-order valence-corrected chi connectivity index (χ2v) is 6.80. The van der Waals surface area contributed by atoms with Crippen LogP contribution in [-0.2, 0) is 6.54 Å². The Hall–Kier alpha value is -2.93. The summed E-state index contributed by atoms with van der Waals surface area (Å²) in [5.41, 5.74) is 1.70. The molecule has 1 aliphatic heterocycles. The quantitative estimate of drug-likeness (QED) is 0.773. The number of phenols is 1. The van der Waals surface area contributed by atoms with Crippen molar-refractivity contribution < 1.29 is 29.0 Å². The van der Waals surface area contributed by atoms with Gasteiger partial charge in [-0.25, -0.2) is 0 Å². The van der Waals surface area contributed by atoms with Crippen LogP contribution < -0.4 is 19.1 Å². The first-order valence-electron chi connectivity index (χ1n) is 9.26. The first-order valence-corrected chi connectivity index (χ1v) is 9.26. The zero-order chi connectivity index (χ0) is 20.1. The summed E-state index contributed by atoms with van der Waals surface area (Å²) in [5.74, 6) is 1.61. The van der Waals surface area contributed by atoms with Crippen LogP contribution in [0.1, 0.15) is 15.9 Å². The molecular weight excluding hydrogens is 360 g/mol. The maximum atomic E-state index is 12.7. The Balaban J connectivity index is 1.60. The van der Waals surface area contributed by atoms with E-state index in [4.69, 9.17) is 14.2 Å². The number of hydrogen-bond acceptors (Lipinski definition) is 5. The highest BCUT2D eigenvalue weighted by atomic mass is 16.5. The number of aromatic hydroxyl groups is 1. The lowest BCUT2D eigenvalue weighted by molar-refractivity contribution is -0.917. The summed E-state index contributed by atoms with van der Waals surface area (Å²) in [6.07, 6.45) is 0. The number of hydrogen-bond donors (Lipinski definition) is 2. The van der Waals surface area contributed by atoms with Crippen molar-refractivity contribution in [2.24, 2.45) is 0 Å². The topological polar surface area (TPSA) is 72.7 Å². The number of rotatable bonds is 6. The first kappa shape index (κ1) is 19.8. The zero-order valence-corrected chi connectivity index (χ0v) is 16.5. The number of phenolic OH excluding ortho intramolecular Hbond substituents is 1. The Labute approximate surface area is 165 Å². The smallest absolute Gasteiger partial charge is 0.254 e. The molecule has 1 aliphatic rings. The third-order valence-corrected chi connectivity index (χ3v) is 5.09. The molecule has 0 aromatic heterocycles. The fourth-order valence-electron chi connectivity index (χ4n) is 3.46. The molecule has 1 heterocycles. The van der Waals surface area contributed by atoms with Crippen molar-refractivity contribution >= 4 is 5.91 Å². The van der Waals surface area contributed by atoms with Crippen molar-refractivity contribution in [1.82, 2.24) is 4.90 Å². The monoisotopic (exact) mass is 387 g/mol. The summed E-state index contributed by atoms with van der Waals surface area (Å²) in [6, 6.07) is 10.9. The van der Waals surface area contributed by atoms with E-state index in [0.717, 1.165) is 30.9 Å². The van der Waals surface area contributed by atoms with Crippen LogP contribution >= 0.6 is 0 Å². The van der Waals surface area contributed by atoms with E-state index in [1.54, 1.807) is 31.4 Å². The molecule has 0 radical (unpaired) electrons. The fraction of sp³-hybridized carbons (Fsp3) is 0.381. The number of quaternary nitrogens is 1. The molecule has 1 saturated heterocycles. The third kappa shape index (κ3) is 4.31. The number of benzene rings is 2. The number of ether oxygens (including phenoxy) is 3. The van der Waals surface area contributed by atoms with Crippen molar-refractivity contribution in [1.29, 1.82) is 0 Å². The molecule has 0 aliphatic carbocycles. The molecule has 2 N–H and O–H groups in total. The molecule has 0 unspecified atom stereocenters. The van der Waals surface area contributed by atoms with Gasteiger partial charge in [0.2, 0.25) is 5.75 Å². The van der Waals surface area contributed by atoms with Gasteiger partial charge in [-0.2, -0.15) is 0 Å². The van der Waals surface area contributed by atoms with Gasteiger partial charge in [-0.1, -0.05) is 0 Å². The normalized spacial score (nSPS) is 14.6. The van der Waals surface area contributed by atoms with Crippen LogP contribution in [0.2, 0.25) is 0 Å². The number of carbonyl (C=O) groups is 1. The van der Waals surface area contributed by atoms with Crippen LogP contribution in [0.15, 0.2) is 36.4 Å². The number of amides is 1. The van der Waals surface area contributed by atoms with Gasteiger partial charge in [0.1, 0.15) is 12.3 Å². The minimum atomic E-state index is 0.0126. The van der Waals surface area contributed by atoms with Gasteiger partial charge in [-0.15, -0.1) is 0 Å². The molecule has 7 heteroatoms. The summed E-state index contributed by atoms with van der Waals surface area (Å²) >= 11 is 0. The third-order valence-electron chi connectivity index (χ3n) is 5.09. The number of nitrogens with zero attached hydrogens (tertiary/aromatic N) is 1. The van der Waals surface area contributed by atoms with Crippen molar-refractivity contribution in [2.75, 3.05) is 47.5 Å². The number of carbonyl (C=O) groups excluding carboxylic acids is 1. The number of methoxy groups -OCH3 is 3. The zero-order valence-electron chi connectivity index (χ0n) is 16.5. The van der Waals surface area contributed by atoms with E-state index in [2.05, 4.69) is 0 Å². The van der Waals surface area contributed by atoms with E-state index in [0.29, 0.717) is 30.2 Å². The maximum Gasteiger partial charge on any atom is 0.254 e. The van der Waals surface area contributed by atoms with E-state index in [1.807, 2.05) is 17.0 Å². The molecule has 0 atom stereocenters. The molecule has 0 spiro atoms. The second kappa shape index (κ2) is 8.84. The molecule has 1 amide bonds. The van der Waals surface area contributed by atoms with Gasteiger partial charge in [0, 0.05) is 11.1 Å². The fourth-order valence-corrected chi connectivity index (χ4v) is 3.46. The van der Waals surface area contributed by atoms with Crippen molar-refractivity contribution in [2.45, 2.75) is 6.54 Å². The Morgan fingerprint density at radius 3 is 2.07 bits per heavy atom. The highest BCUT2D eigenvalue weighted by molar-refractivity contribution is 5.94. The standard InChI is InChI=1S/C21H26N2O5/c1-26-17-6-4-16(5-7-17)21(25)23-10-8-22(9-11-23)14-15-12-18(27-2)20(24)19(13-15)28-3/h4-7,12-13,24H,8-11,14H2,1-3H3/p+1. The van der Waals surface area contributed by atoms with Crippen LogP contribution in [-0.4, -0.2) is 63.4 Å². The summed E-state index contributed by atoms with van der Waals surface area (Å²) < 4.78 is 15.6. The lowest BCUT2D eigenvalue weighted by Crippen LogP contribution is -3.13. The Morgan fingerprint density at radius 1 is 1.00 bits per heavy atom. The van der Waals surface area contributed by atoms with Crippen LogP contribution in [0.25, 0.3) is 0 Å². The van der Waals surface area contributed by atoms with Gasteiger partial charge in [-0.3, -0.25) is 4.79 Å². The molecule has 2 aromatic rings. The minimum Gasteiger partial charge on any atom is -0.502 e. The van der Waals surface area contributed by atoms with Crippen LogP contribution in [0.4, 0.5) is 0 Å². The van der Waals surface area contributed by atoms with Crippen molar-refractivity contribution in [3.63, 3.8) is 0 Å². The summed E-state index contributed by atoms with van der Waals surface area (Å²) in [4.78, 5) is 15.9. The Bertz CT molecular complexity index is 789. The summed E-state index contributed by atoms with van der Waals surface area (Å²) in [6.45, 7) is 3.89. The Kier molecular flexibility index (Phi) is 6.26. The van der Waals surface area contributed by atoms with Gasteiger partial charge in [0.05, 0.1) is 47.5 Å². The van der Waals surface area contributed by atoms with E-state index in [9.17, 15) is 9.90 Å². The number of nitrogens with one attached hydrogen (secondary N) is 1. The Morgan fingerprint density at radius 2 is 1.57 bits per heavy atom. The highest BCUT2D eigenvalue weighted by Crippen LogP contribution is 2.36. The highest BCUT2D eigenvalue weighted by Gasteiger charge is 2.25. The lowest BCUT2D eigenvalue weighted by Gasteiger charge is -2.32. The van der Waals surface area contributed by atoms with Crippen LogP contribution in [0.3, 0.4) is 0 Å².